The monoisotopic (exact) mass is 260 g/mol. The molecule has 2 rings (SSSR count). The van der Waals surface area contributed by atoms with Crippen molar-refractivity contribution in [2.24, 2.45) is 0 Å². The normalized spacial score (nSPS) is 10.5. The van der Waals surface area contributed by atoms with Crippen molar-refractivity contribution in [1.29, 1.82) is 0 Å². The molecular weight excluding hydrogens is 257 g/mol. The van der Waals surface area contributed by atoms with Crippen LogP contribution in [0.4, 0.5) is 8.78 Å². The fourth-order valence-electron chi connectivity index (χ4n) is 1.20. The number of halogens is 4. The van der Waals surface area contributed by atoms with E-state index < -0.39 is 11.6 Å². The SMILES string of the molecule is Fc1cc(F)cc(-c2nc(Cl)cc(Cl)n2)c1. The van der Waals surface area contributed by atoms with E-state index in [0.717, 1.165) is 18.2 Å². The molecule has 16 heavy (non-hydrogen) atoms. The van der Waals surface area contributed by atoms with Crippen LogP contribution in [0.5, 0.6) is 0 Å². The third kappa shape index (κ3) is 2.46. The van der Waals surface area contributed by atoms with E-state index in [1.165, 1.54) is 6.07 Å². The van der Waals surface area contributed by atoms with Crippen molar-refractivity contribution in [3.63, 3.8) is 0 Å². The Morgan fingerprint density at radius 2 is 1.31 bits per heavy atom. The van der Waals surface area contributed by atoms with Crippen molar-refractivity contribution in [3.8, 4) is 11.4 Å². The van der Waals surface area contributed by atoms with Gasteiger partial charge in [-0.3, -0.25) is 0 Å². The minimum atomic E-state index is -0.713. The predicted molar refractivity (Wildman–Crippen MR) is 57.4 cm³/mol. The summed E-state index contributed by atoms with van der Waals surface area (Å²) in [6.45, 7) is 0. The Bertz CT molecular complexity index is 456. The number of hydrogen-bond acceptors (Lipinski definition) is 2. The van der Waals surface area contributed by atoms with Crippen LogP contribution in [-0.4, -0.2) is 9.97 Å². The highest BCUT2D eigenvalue weighted by atomic mass is 35.5. The van der Waals surface area contributed by atoms with Gasteiger partial charge >= 0.3 is 0 Å². The number of aromatic nitrogens is 2. The highest BCUT2D eigenvalue weighted by Gasteiger charge is 2.08. The van der Waals surface area contributed by atoms with Crippen LogP contribution in [0.15, 0.2) is 24.3 Å². The number of nitrogens with zero attached hydrogens (tertiary/aromatic N) is 2. The summed E-state index contributed by atoms with van der Waals surface area (Å²) in [6, 6.07) is 4.30. The number of hydrogen-bond donors (Lipinski definition) is 0. The third-order valence-electron chi connectivity index (χ3n) is 1.78. The summed E-state index contributed by atoms with van der Waals surface area (Å²) in [6.07, 6.45) is 0. The van der Waals surface area contributed by atoms with Gasteiger partial charge in [0.1, 0.15) is 21.9 Å². The average Bonchev–Trinajstić information content (AvgIpc) is 2.14. The maximum Gasteiger partial charge on any atom is 0.162 e. The molecule has 0 saturated carbocycles. The summed E-state index contributed by atoms with van der Waals surface area (Å²) in [4.78, 5) is 7.65. The lowest BCUT2D eigenvalue weighted by atomic mass is 10.2. The largest absolute Gasteiger partial charge is 0.216 e. The van der Waals surface area contributed by atoms with Gasteiger partial charge in [-0.05, 0) is 12.1 Å². The molecule has 1 aromatic carbocycles. The van der Waals surface area contributed by atoms with Gasteiger partial charge in [-0.2, -0.15) is 0 Å². The number of benzene rings is 1. The summed E-state index contributed by atoms with van der Waals surface area (Å²) >= 11 is 11.3. The van der Waals surface area contributed by atoms with E-state index in [1.807, 2.05) is 0 Å². The number of rotatable bonds is 1. The summed E-state index contributed by atoms with van der Waals surface area (Å²) in [5, 5.41) is 0.222. The second-order valence-electron chi connectivity index (χ2n) is 3.00. The van der Waals surface area contributed by atoms with Gasteiger partial charge in [0.25, 0.3) is 0 Å². The van der Waals surface area contributed by atoms with Crippen LogP contribution in [0.2, 0.25) is 10.3 Å². The molecule has 1 aromatic heterocycles. The summed E-state index contributed by atoms with van der Waals surface area (Å²) in [7, 11) is 0. The van der Waals surface area contributed by atoms with E-state index in [0.29, 0.717) is 0 Å². The predicted octanol–water partition coefficient (Wildman–Crippen LogP) is 3.73. The fourth-order valence-corrected chi connectivity index (χ4v) is 1.62. The van der Waals surface area contributed by atoms with Crippen molar-refractivity contribution in [1.82, 2.24) is 9.97 Å². The second-order valence-corrected chi connectivity index (χ2v) is 3.77. The van der Waals surface area contributed by atoms with Crippen molar-refractivity contribution < 1.29 is 8.78 Å². The maximum atomic E-state index is 13.0. The Kier molecular flexibility index (Phi) is 3.03. The Hall–Kier alpha value is -1.26. The van der Waals surface area contributed by atoms with Crippen molar-refractivity contribution >= 4 is 23.2 Å². The zero-order valence-electron chi connectivity index (χ0n) is 7.72. The lowest BCUT2D eigenvalue weighted by Gasteiger charge is -2.02. The van der Waals surface area contributed by atoms with Gasteiger partial charge in [0.2, 0.25) is 0 Å². The van der Waals surface area contributed by atoms with E-state index in [2.05, 4.69) is 9.97 Å². The van der Waals surface area contributed by atoms with Crippen molar-refractivity contribution in [2.45, 2.75) is 0 Å². The Morgan fingerprint density at radius 3 is 1.81 bits per heavy atom. The zero-order chi connectivity index (χ0) is 11.7. The third-order valence-corrected chi connectivity index (χ3v) is 2.17. The molecule has 0 fully saturated rings. The van der Waals surface area contributed by atoms with Gasteiger partial charge in [-0.15, -0.1) is 0 Å². The Morgan fingerprint density at radius 1 is 0.812 bits per heavy atom. The molecule has 2 nitrogen and oxygen atoms in total. The molecular formula is C10H4Cl2F2N2. The molecule has 0 bridgehead atoms. The van der Waals surface area contributed by atoms with E-state index >= 15 is 0 Å². The minimum absolute atomic E-state index is 0.0795. The molecule has 0 unspecified atom stereocenters. The van der Waals surface area contributed by atoms with Crippen LogP contribution in [-0.2, 0) is 0 Å². The smallest absolute Gasteiger partial charge is 0.162 e. The van der Waals surface area contributed by atoms with Crippen LogP contribution in [0.25, 0.3) is 11.4 Å². The van der Waals surface area contributed by atoms with Crippen LogP contribution >= 0.6 is 23.2 Å². The second kappa shape index (κ2) is 4.31. The summed E-state index contributed by atoms with van der Waals surface area (Å²) < 4.78 is 25.9. The van der Waals surface area contributed by atoms with Crippen LogP contribution in [0, 0.1) is 11.6 Å². The minimum Gasteiger partial charge on any atom is -0.216 e. The lowest BCUT2D eigenvalue weighted by Crippen LogP contribution is -1.92. The van der Waals surface area contributed by atoms with Gasteiger partial charge in [0.15, 0.2) is 5.82 Å². The Labute approximate surface area is 99.9 Å². The van der Waals surface area contributed by atoms with E-state index in [4.69, 9.17) is 23.2 Å². The molecule has 0 aliphatic carbocycles. The highest BCUT2D eigenvalue weighted by molar-refractivity contribution is 6.33. The molecule has 0 spiro atoms. The average molecular weight is 261 g/mol. The highest BCUT2D eigenvalue weighted by Crippen LogP contribution is 2.21. The first kappa shape index (κ1) is 11.2. The summed E-state index contributed by atoms with van der Waals surface area (Å²) in [5.74, 6) is -1.35. The van der Waals surface area contributed by atoms with Gasteiger partial charge in [0.05, 0.1) is 0 Å². The first-order valence-electron chi connectivity index (χ1n) is 4.21. The zero-order valence-corrected chi connectivity index (χ0v) is 9.23. The van der Waals surface area contributed by atoms with E-state index in [-0.39, 0.29) is 21.7 Å². The quantitative estimate of drug-likeness (QED) is 0.731. The first-order chi connectivity index (χ1) is 7.54. The van der Waals surface area contributed by atoms with Crippen molar-refractivity contribution in [2.75, 3.05) is 0 Å². The van der Waals surface area contributed by atoms with Gasteiger partial charge in [-0.25, -0.2) is 18.7 Å². The molecule has 0 aliphatic heterocycles. The van der Waals surface area contributed by atoms with Gasteiger partial charge in [0, 0.05) is 17.7 Å². The molecule has 0 atom stereocenters. The fraction of sp³-hybridized carbons (Fsp3) is 0. The summed E-state index contributed by atoms with van der Waals surface area (Å²) in [5.41, 5.74) is 0.182. The van der Waals surface area contributed by atoms with Crippen LogP contribution in [0.1, 0.15) is 0 Å². The van der Waals surface area contributed by atoms with Crippen LogP contribution < -0.4 is 0 Å². The molecule has 1 heterocycles. The molecule has 0 aliphatic rings. The standard InChI is InChI=1S/C10H4Cl2F2N2/c11-8-4-9(12)16-10(15-8)5-1-6(13)3-7(14)2-5/h1-4H. The Balaban J connectivity index is 2.57. The maximum absolute atomic E-state index is 13.0. The van der Waals surface area contributed by atoms with Gasteiger partial charge < -0.3 is 0 Å². The van der Waals surface area contributed by atoms with Crippen LogP contribution in [0.3, 0.4) is 0 Å². The molecule has 6 heteroatoms. The molecule has 2 aromatic rings. The van der Waals surface area contributed by atoms with E-state index in [9.17, 15) is 8.78 Å². The molecule has 0 saturated heterocycles. The van der Waals surface area contributed by atoms with Gasteiger partial charge in [-0.1, -0.05) is 23.2 Å². The molecule has 0 radical (unpaired) electrons. The lowest BCUT2D eigenvalue weighted by molar-refractivity contribution is 0.584. The topological polar surface area (TPSA) is 25.8 Å². The van der Waals surface area contributed by atoms with E-state index in [1.54, 1.807) is 0 Å². The first-order valence-corrected chi connectivity index (χ1v) is 4.97. The van der Waals surface area contributed by atoms with Crippen molar-refractivity contribution in [3.05, 3.63) is 46.2 Å². The molecule has 82 valence electrons. The molecule has 0 N–H and O–H groups in total. The molecule has 0 amide bonds.